The number of amides is 1. The summed E-state index contributed by atoms with van der Waals surface area (Å²) in [7, 11) is -1.34. The molecule has 0 unspecified atom stereocenters. The number of nitrogens with one attached hydrogen (secondary N) is 1. The quantitative estimate of drug-likeness (QED) is 0.754. The fourth-order valence-electron chi connectivity index (χ4n) is 4.86. The number of thioether (sulfide) groups is 1. The third-order valence-electron chi connectivity index (χ3n) is 6.93. The van der Waals surface area contributed by atoms with E-state index in [1.54, 1.807) is 28.2 Å². The molecule has 1 saturated heterocycles. The van der Waals surface area contributed by atoms with Crippen LogP contribution in [0, 0.1) is 5.92 Å². The molecule has 1 atom stereocenters. The Balaban J connectivity index is 1.43. The zero-order valence-corrected chi connectivity index (χ0v) is 19.6. The Morgan fingerprint density at radius 2 is 1.73 bits per heavy atom. The van der Waals surface area contributed by atoms with Crippen LogP contribution in [0.4, 0.5) is 5.69 Å². The summed E-state index contributed by atoms with van der Waals surface area (Å²) in [4.78, 5) is 15.9. The summed E-state index contributed by atoms with van der Waals surface area (Å²) in [6.45, 7) is 3.00. The molecule has 6 nitrogen and oxygen atoms in total. The first-order chi connectivity index (χ1) is 14.4. The van der Waals surface area contributed by atoms with Gasteiger partial charge in [0.2, 0.25) is 15.9 Å². The van der Waals surface area contributed by atoms with Crippen LogP contribution >= 0.6 is 11.8 Å². The highest BCUT2D eigenvalue weighted by Crippen LogP contribution is 2.35. The van der Waals surface area contributed by atoms with Crippen LogP contribution in [0.15, 0.2) is 28.0 Å². The molecule has 1 amide bonds. The minimum absolute atomic E-state index is 0.0534. The van der Waals surface area contributed by atoms with Crippen molar-refractivity contribution in [2.45, 2.75) is 73.7 Å². The average Bonchev–Trinajstić information content (AvgIpc) is 2.91. The number of carbonyl (C=O) groups excluding carboxylic acids is 1. The molecule has 0 aromatic heterocycles. The van der Waals surface area contributed by atoms with Crippen molar-refractivity contribution in [1.82, 2.24) is 9.21 Å². The van der Waals surface area contributed by atoms with Crippen molar-refractivity contribution in [3.8, 4) is 0 Å². The summed E-state index contributed by atoms with van der Waals surface area (Å²) in [5, 5.41) is 2.90. The van der Waals surface area contributed by atoms with E-state index >= 15 is 0 Å². The summed E-state index contributed by atoms with van der Waals surface area (Å²) in [5.74, 6) is 0.553. The molecule has 2 heterocycles. The highest BCUT2D eigenvalue weighted by molar-refractivity contribution is 7.99. The lowest BCUT2D eigenvalue weighted by Crippen LogP contribution is -2.48. The molecule has 8 heteroatoms. The molecule has 2 aliphatic heterocycles. The lowest BCUT2D eigenvalue weighted by atomic mass is 9.92. The Morgan fingerprint density at radius 3 is 2.43 bits per heavy atom. The largest absolute Gasteiger partial charge is 0.325 e. The Kier molecular flexibility index (Phi) is 6.77. The maximum absolute atomic E-state index is 13.3. The van der Waals surface area contributed by atoms with Crippen LogP contribution in [0.1, 0.15) is 51.9 Å². The van der Waals surface area contributed by atoms with Crippen LogP contribution in [-0.2, 0) is 14.8 Å². The molecule has 1 N–H and O–H groups in total. The fraction of sp³-hybridized carbons (Fsp3) is 0.682. The molecule has 4 rings (SSSR count). The number of nitrogens with zero attached hydrogens (tertiary/aromatic N) is 2. The van der Waals surface area contributed by atoms with Crippen molar-refractivity contribution < 1.29 is 13.2 Å². The Bertz CT molecular complexity index is 876. The summed E-state index contributed by atoms with van der Waals surface area (Å²) in [5.41, 5.74) is 0.613. The monoisotopic (exact) mass is 451 g/mol. The minimum atomic E-state index is -3.56. The topological polar surface area (TPSA) is 69.7 Å². The lowest BCUT2D eigenvalue weighted by molar-refractivity contribution is -0.118. The second-order valence-corrected chi connectivity index (χ2v) is 12.0. The predicted octanol–water partition coefficient (Wildman–Crippen LogP) is 3.78. The van der Waals surface area contributed by atoms with Gasteiger partial charge in [0, 0.05) is 41.7 Å². The number of anilines is 1. The highest BCUT2D eigenvalue weighted by Gasteiger charge is 2.33. The first-order valence-electron chi connectivity index (χ1n) is 11.2. The maximum Gasteiger partial charge on any atom is 0.243 e. The number of fused-ring (bicyclic) bond motifs is 1. The second kappa shape index (κ2) is 9.18. The van der Waals surface area contributed by atoms with Gasteiger partial charge in [0.25, 0.3) is 0 Å². The van der Waals surface area contributed by atoms with E-state index in [-0.39, 0.29) is 16.7 Å². The number of hydrogen-bond acceptors (Lipinski definition) is 5. The van der Waals surface area contributed by atoms with Gasteiger partial charge in [-0.1, -0.05) is 26.2 Å². The number of benzene rings is 1. The summed E-state index contributed by atoms with van der Waals surface area (Å²) >= 11 is 1.60. The zero-order valence-electron chi connectivity index (χ0n) is 18.0. The van der Waals surface area contributed by atoms with Gasteiger partial charge in [-0.25, -0.2) is 8.42 Å². The van der Waals surface area contributed by atoms with E-state index in [1.165, 1.54) is 32.1 Å². The number of rotatable bonds is 4. The molecule has 2 fully saturated rings. The highest BCUT2D eigenvalue weighted by atomic mass is 32.2. The number of sulfonamides is 1. The van der Waals surface area contributed by atoms with E-state index in [9.17, 15) is 13.2 Å². The number of piperidine rings is 1. The number of hydrogen-bond donors (Lipinski definition) is 1. The van der Waals surface area contributed by atoms with E-state index < -0.39 is 10.0 Å². The molecule has 0 spiro atoms. The summed E-state index contributed by atoms with van der Waals surface area (Å²) in [6, 6.07) is 6.26. The van der Waals surface area contributed by atoms with Gasteiger partial charge < -0.3 is 10.2 Å². The van der Waals surface area contributed by atoms with Crippen LogP contribution in [0.5, 0.6) is 0 Å². The van der Waals surface area contributed by atoms with Crippen molar-refractivity contribution in [2.75, 3.05) is 31.2 Å². The second-order valence-electron chi connectivity index (χ2n) is 8.95. The third kappa shape index (κ3) is 4.56. The maximum atomic E-state index is 13.3. The lowest BCUT2D eigenvalue weighted by Gasteiger charge is -2.41. The molecule has 1 aromatic rings. The SMILES string of the molecule is C[C@H]1CSc2ccc(S(=O)(=O)N3CCC(N(C)C4CCCCC4)CC3)cc2NC1=O. The van der Waals surface area contributed by atoms with Crippen LogP contribution in [0.2, 0.25) is 0 Å². The van der Waals surface area contributed by atoms with Gasteiger partial charge in [0.15, 0.2) is 0 Å². The molecule has 0 radical (unpaired) electrons. The standard InChI is InChI=1S/C22H33N3O3S2/c1-16-15-29-21-9-8-19(14-20(21)23-22(16)26)30(27,28)25-12-10-18(11-13-25)24(2)17-6-4-3-5-7-17/h8-9,14,16-18H,3-7,10-13,15H2,1-2H3,(H,23,26)/t16-/m0/s1. The third-order valence-corrected chi connectivity index (χ3v) is 10.2. The van der Waals surface area contributed by atoms with Crippen LogP contribution < -0.4 is 5.32 Å². The Morgan fingerprint density at radius 1 is 1.07 bits per heavy atom. The van der Waals surface area contributed by atoms with Gasteiger partial charge in [-0.05, 0) is 50.9 Å². The predicted molar refractivity (Wildman–Crippen MR) is 121 cm³/mol. The van der Waals surface area contributed by atoms with Gasteiger partial charge >= 0.3 is 0 Å². The first kappa shape index (κ1) is 22.1. The van der Waals surface area contributed by atoms with Crippen molar-refractivity contribution in [3.05, 3.63) is 18.2 Å². The Labute approximate surface area is 184 Å². The van der Waals surface area contributed by atoms with E-state index in [0.717, 1.165) is 17.7 Å². The molecule has 166 valence electrons. The Hall–Kier alpha value is -1.09. The molecule has 1 aromatic carbocycles. The molecule has 3 aliphatic rings. The normalized spacial score (nSPS) is 25.0. The van der Waals surface area contributed by atoms with Crippen molar-refractivity contribution in [2.24, 2.45) is 5.92 Å². The average molecular weight is 452 g/mol. The van der Waals surface area contributed by atoms with Gasteiger partial charge in [-0.3, -0.25) is 4.79 Å². The molecule has 30 heavy (non-hydrogen) atoms. The summed E-state index contributed by atoms with van der Waals surface area (Å²) in [6.07, 6.45) is 8.27. The van der Waals surface area contributed by atoms with E-state index in [1.807, 2.05) is 13.0 Å². The van der Waals surface area contributed by atoms with Crippen molar-refractivity contribution in [1.29, 1.82) is 0 Å². The van der Waals surface area contributed by atoms with Crippen molar-refractivity contribution in [3.63, 3.8) is 0 Å². The van der Waals surface area contributed by atoms with E-state index in [2.05, 4.69) is 17.3 Å². The van der Waals surface area contributed by atoms with E-state index in [0.29, 0.717) is 36.6 Å². The van der Waals surface area contributed by atoms with E-state index in [4.69, 9.17) is 0 Å². The smallest absolute Gasteiger partial charge is 0.243 e. The fourth-order valence-corrected chi connectivity index (χ4v) is 7.37. The minimum Gasteiger partial charge on any atom is -0.325 e. The molecular weight excluding hydrogens is 418 g/mol. The van der Waals surface area contributed by atoms with Gasteiger partial charge in [-0.2, -0.15) is 4.31 Å². The van der Waals surface area contributed by atoms with Crippen LogP contribution in [0.25, 0.3) is 0 Å². The van der Waals surface area contributed by atoms with Gasteiger partial charge in [0.05, 0.1) is 10.6 Å². The zero-order chi connectivity index (χ0) is 21.3. The van der Waals surface area contributed by atoms with Gasteiger partial charge in [0.1, 0.15) is 0 Å². The molecule has 1 aliphatic carbocycles. The molecule has 0 bridgehead atoms. The van der Waals surface area contributed by atoms with Crippen molar-refractivity contribution >= 4 is 33.4 Å². The first-order valence-corrected chi connectivity index (χ1v) is 13.6. The summed E-state index contributed by atoms with van der Waals surface area (Å²) < 4.78 is 28.2. The molecule has 1 saturated carbocycles. The van der Waals surface area contributed by atoms with Gasteiger partial charge in [-0.15, -0.1) is 11.8 Å². The molecular formula is C22H33N3O3S2. The van der Waals surface area contributed by atoms with Crippen LogP contribution in [-0.4, -0.2) is 61.5 Å². The number of carbonyl (C=O) groups is 1. The van der Waals surface area contributed by atoms with Crippen LogP contribution in [0.3, 0.4) is 0 Å².